The number of ether oxygens (including phenoxy) is 1. The molecule has 0 fully saturated rings. The first kappa shape index (κ1) is 19.1. The summed E-state index contributed by atoms with van der Waals surface area (Å²) in [4.78, 5) is 29.4. The van der Waals surface area contributed by atoms with Gasteiger partial charge in [0.15, 0.2) is 0 Å². The van der Waals surface area contributed by atoms with E-state index in [0.29, 0.717) is 12.2 Å². The SMILES string of the molecule is NC(=O)CN(Cc1ccc(OCc2ccccc2)cc1)C(=O)c1ccncc1. The molecule has 0 aliphatic rings. The van der Waals surface area contributed by atoms with Crippen LogP contribution in [0.1, 0.15) is 21.5 Å². The Morgan fingerprint density at radius 1 is 0.893 bits per heavy atom. The summed E-state index contributed by atoms with van der Waals surface area (Å²) in [5, 5.41) is 0. The van der Waals surface area contributed by atoms with E-state index in [1.165, 1.54) is 17.3 Å². The fourth-order valence-electron chi connectivity index (χ4n) is 2.72. The van der Waals surface area contributed by atoms with Crippen LogP contribution in [-0.2, 0) is 17.9 Å². The number of rotatable bonds is 8. The van der Waals surface area contributed by atoms with Gasteiger partial charge < -0.3 is 15.4 Å². The highest BCUT2D eigenvalue weighted by atomic mass is 16.5. The van der Waals surface area contributed by atoms with Crippen LogP contribution >= 0.6 is 0 Å². The smallest absolute Gasteiger partial charge is 0.254 e. The van der Waals surface area contributed by atoms with Crippen LogP contribution in [0.25, 0.3) is 0 Å². The van der Waals surface area contributed by atoms with Crippen molar-refractivity contribution in [3.05, 3.63) is 95.8 Å². The van der Waals surface area contributed by atoms with Crippen molar-refractivity contribution in [2.24, 2.45) is 5.73 Å². The van der Waals surface area contributed by atoms with Gasteiger partial charge in [-0.25, -0.2) is 0 Å². The molecule has 3 rings (SSSR count). The number of carbonyl (C=O) groups excluding carboxylic acids is 2. The number of primary amides is 1. The molecule has 0 unspecified atom stereocenters. The molecule has 6 heteroatoms. The van der Waals surface area contributed by atoms with E-state index in [1.807, 2.05) is 54.6 Å². The Morgan fingerprint density at radius 3 is 2.21 bits per heavy atom. The predicted octanol–water partition coefficient (Wildman–Crippen LogP) is 2.79. The van der Waals surface area contributed by atoms with E-state index in [4.69, 9.17) is 10.5 Å². The van der Waals surface area contributed by atoms with E-state index in [0.717, 1.165) is 16.9 Å². The Balaban J connectivity index is 1.65. The van der Waals surface area contributed by atoms with Crippen LogP contribution in [0.15, 0.2) is 79.1 Å². The van der Waals surface area contributed by atoms with Gasteiger partial charge in [0.2, 0.25) is 5.91 Å². The van der Waals surface area contributed by atoms with Gasteiger partial charge in [-0.3, -0.25) is 14.6 Å². The molecule has 0 radical (unpaired) electrons. The summed E-state index contributed by atoms with van der Waals surface area (Å²) in [6.45, 7) is 0.588. The first-order valence-corrected chi connectivity index (χ1v) is 8.85. The zero-order valence-corrected chi connectivity index (χ0v) is 15.3. The molecule has 2 N–H and O–H groups in total. The molecule has 0 atom stereocenters. The van der Waals surface area contributed by atoms with Crippen molar-refractivity contribution >= 4 is 11.8 Å². The second kappa shape index (κ2) is 9.32. The largest absolute Gasteiger partial charge is 0.489 e. The van der Waals surface area contributed by atoms with Crippen molar-refractivity contribution in [3.63, 3.8) is 0 Å². The van der Waals surface area contributed by atoms with Gasteiger partial charge in [0, 0.05) is 24.5 Å². The molecule has 2 amide bonds. The molecule has 1 aromatic heterocycles. The number of hydrogen-bond donors (Lipinski definition) is 1. The van der Waals surface area contributed by atoms with Crippen molar-refractivity contribution in [1.29, 1.82) is 0 Å². The Hall–Kier alpha value is -3.67. The Morgan fingerprint density at radius 2 is 1.57 bits per heavy atom. The number of pyridine rings is 1. The molecule has 0 spiro atoms. The number of amides is 2. The van der Waals surface area contributed by atoms with Crippen molar-refractivity contribution in [2.75, 3.05) is 6.54 Å². The molecule has 1 heterocycles. The van der Waals surface area contributed by atoms with Crippen LogP contribution in [0, 0.1) is 0 Å². The summed E-state index contributed by atoms with van der Waals surface area (Å²) in [6, 6.07) is 20.5. The number of nitrogens with zero attached hydrogens (tertiary/aromatic N) is 2. The minimum absolute atomic E-state index is 0.159. The van der Waals surface area contributed by atoms with E-state index in [2.05, 4.69) is 4.98 Å². The number of hydrogen-bond acceptors (Lipinski definition) is 4. The van der Waals surface area contributed by atoms with Crippen LogP contribution in [0.5, 0.6) is 5.75 Å². The average molecular weight is 375 g/mol. The number of benzene rings is 2. The third-order valence-corrected chi connectivity index (χ3v) is 4.11. The van der Waals surface area contributed by atoms with Crippen LogP contribution in [0.4, 0.5) is 0 Å². The van der Waals surface area contributed by atoms with Gasteiger partial charge in [-0.15, -0.1) is 0 Å². The van der Waals surface area contributed by atoms with Crippen molar-refractivity contribution in [1.82, 2.24) is 9.88 Å². The Bertz CT molecular complexity index is 913. The maximum absolute atomic E-state index is 12.7. The van der Waals surface area contributed by atoms with E-state index in [-0.39, 0.29) is 19.0 Å². The summed E-state index contributed by atoms with van der Waals surface area (Å²) in [6.07, 6.45) is 3.07. The highest BCUT2D eigenvalue weighted by molar-refractivity contribution is 5.96. The van der Waals surface area contributed by atoms with Crippen LogP contribution < -0.4 is 10.5 Å². The third kappa shape index (κ3) is 5.41. The minimum atomic E-state index is -0.565. The first-order valence-electron chi connectivity index (χ1n) is 8.85. The molecule has 6 nitrogen and oxygen atoms in total. The monoisotopic (exact) mass is 375 g/mol. The van der Waals surface area contributed by atoms with Gasteiger partial charge in [0.1, 0.15) is 12.4 Å². The Kier molecular flexibility index (Phi) is 6.36. The summed E-state index contributed by atoms with van der Waals surface area (Å²) in [5.41, 5.74) is 7.73. The fourth-order valence-corrected chi connectivity index (χ4v) is 2.72. The van der Waals surface area contributed by atoms with Gasteiger partial charge in [0.05, 0.1) is 6.54 Å². The lowest BCUT2D eigenvalue weighted by Gasteiger charge is -2.21. The second-order valence-corrected chi connectivity index (χ2v) is 6.28. The molecular weight excluding hydrogens is 354 g/mol. The maximum Gasteiger partial charge on any atom is 0.254 e. The molecule has 2 aromatic carbocycles. The zero-order valence-electron chi connectivity index (χ0n) is 15.3. The highest BCUT2D eigenvalue weighted by Gasteiger charge is 2.18. The van der Waals surface area contributed by atoms with E-state index in [9.17, 15) is 9.59 Å². The normalized spacial score (nSPS) is 10.3. The number of carbonyl (C=O) groups is 2. The van der Waals surface area contributed by atoms with Crippen LogP contribution in [0.2, 0.25) is 0 Å². The number of nitrogens with two attached hydrogens (primary N) is 1. The highest BCUT2D eigenvalue weighted by Crippen LogP contribution is 2.16. The molecule has 0 aliphatic heterocycles. The predicted molar refractivity (Wildman–Crippen MR) is 105 cm³/mol. The summed E-state index contributed by atoms with van der Waals surface area (Å²) in [7, 11) is 0. The Labute approximate surface area is 163 Å². The van der Waals surface area contributed by atoms with Gasteiger partial charge in [-0.1, -0.05) is 42.5 Å². The lowest BCUT2D eigenvalue weighted by Crippen LogP contribution is -2.38. The van der Waals surface area contributed by atoms with Crippen LogP contribution in [0.3, 0.4) is 0 Å². The molecule has 0 aliphatic carbocycles. The fraction of sp³-hybridized carbons (Fsp3) is 0.136. The van der Waals surface area contributed by atoms with Gasteiger partial charge in [-0.05, 0) is 35.4 Å². The summed E-state index contributed by atoms with van der Waals surface area (Å²) >= 11 is 0. The first-order chi connectivity index (χ1) is 13.6. The molecule has 0 saturated heterocycles. The lowest BCUT2D eigenvalue weighted by molar-refractivity contribution is -0.118. The van der Waals surface area contributed by atoms with Crippen molar-refractivity contribution in [3.8, 4) is 5.75 Å². The van der Waals surface area contributed by atoms with Crippen molar-refractivity contribution in [2.45, 2.75) is 13.2 Å². The van der Waals surface area contributed by atoms with E-state index >= 15 is 0 Å². The van der Waals surface area contributed by atoms with Crippen LogP contribution in [-0.4, -0.2) is 28.2 Å². The summed E-state index contributed by atoms with van der Waals surface area (Å²) < 4.78 is 5.77. The second-order valence-electron chi connectivity index (χ2n) is 6.28. The molecule has 0 saturated carbocycles. The van der Waals surface area contributed by atoms with Crippen molar-refractivity contribution < 1.29 is 14.3 Å². The molecule has 28 heavy (non-hydrogen) atoms. The maximum atomic E-state index is 12.7. The molecule has 3 aromatic rings. The summed E-state index contributed by atoms with van der Waals surface area (Å²) in [5.74, 6) is -0.106. The molecular formula is C22H21N3O3. The number of aromatic nitrogens is 1. The third-order valence-electron chi connectivity index (χ3n) is 4.11. The molecule has 0 bridgehead atoms. The zero-order chi connectivity index (χ0) is 19.8. The average Bonchev–Trinajstić information content (AvgIpc) is 2.73. The quantitative estimate of drug-likeness (QED) is 0.656. The van der Waals surface area contributed by atoms with E-state index < -0.39 is 5.91 Å². The topological polar surface area (TPSA) is 85.5 Å². The van der Waals surface area contributed by atoms with Gasteiger partial charge in [-0.2, -0.15) is 0 Å². The lowest BCUT2D eigenvalue weighted by atomic mass is 10.1. The van der Waals surface area contributed by atoms with E-state index in [1.54, 1.807) is 12.1 Å². The molecule has 142 valence electrons. The van der Waals surface area contributed by atoms with Gasteiger partial charge >= 0.3 is 0 Å². The van der Waals surface area contributed by atoms with Gasteiger partial charge in [0.25, 0.3) is 5.91 Å². The standard InChI is InChI=1S/C22H21N3O3/c23-21(26)15-25(22(27)19-10-12-24-13-11-19)14-17-6-8-20(9-7-17)28-16-18-4-2-1-3-5-18/h1-13H,14-16H2,(H2,23,26). The minimum Gasteiger partial charge on any atom is -0.489 e.